The summed E-state index contributed by atoms with van der Waals surface area (Å²) in [5.74, 6) is -0.908. The molecule has 0 radical (unpaired) electrons. The SMILES string of the molecule is Cc1occc1C(=O)NNC(=O)CN1C(=O)NC2(CC(C)CC(C)(C)C2)C1=O. The molecule has 1 aliphatic heterocycles. The van der Waals surface area contributed by atoms with E-state index in [1.165, 1.54) is 12.3 Å². The fraction of sp³-hybridized carbons (Fsp3) is 0.579. The first-order valence-electron chi connectivity index (χ1n) is 9.30. The van der Waals surface area contributed by atoms with E-state index in [-0.39, 0.29) is 22.8 Å². The Morgan fingerprint density at radius 3 is 2.61 bits per heavy atom. The average molecular weight is 390 g/mol. The number of hydrazine groups is 1. The number of rotatable bonds is 3. The molecule has 2 aliphatic rings. The molecule has 2 heterocycles. The number of nitrogens with zero attached hydrogens (tertiary/aromatic N) is 1. The van der Waals surface area contributed by atoms with Gasteiger partial charge < -0.3 is 9.73 Å². The fourth-order valence-corrected chi connectivity index (χ4v) is 4.65. The summed E-state index contributed by atoms with van der Waals surface area (Å²) in [5, 5.41) is 2.81. The molecule has 3 N–H and O–H groups in total. The van der Waals surface area contributed by atoms with Gasteiger partial charge in [0.15, 0.2) is 0 Å². The van der Waals surface area contributed by atoms with Gasteiger partial charge in [-0.3, -0.25) is 30.1 Å². The Hall–Kier alpha value is -2.84. The number of aryl methyl sites for hydroxylation is 1. The van der Waals surface area contributed by atoms with Crippen molar-refractivity contribution in [2.45, 2.75) is 52.5 Å². The molecule has 1 saturated heterocycles. The molecule has 9 heteroatoms. The molecule has 3 rings (SSSR count). The summed E-state index contributed by atoms with van der Waals surface area (Å²) in [4.78, 5) is 50.5. The highest BCUT2D eigenvalue weighted by Crippen LogP contribution is 2.46. The van der Waals surface area contributed by atoms with Crippen molar-refractivity contribution in [2.75, 3.05) is 6.54 Å². The molecule has 5 amide bonds. The van der Waals surface area contributed by atoms with E-state index in [0.717, 1.165) is 11.3 Å². The summed E-state index contributed by atoms with van der Waals surface area (Å²) < 4.78 is 5.04. The largest absolute Gasteiger partial charge is 0.469 e. The highest BCUT2D eigenvalue weighted by Gasteiger charge is 2.56. The molecule has 28 heavy (non-hydrogen) atoms. The molecule has 0 aromatic carbocycles. The predicted molar refractivity (Wildman–Crippen MR) is 98.8 cm³/mol. The Morgan fingerprint density at radius 1 is 1.29 bits per heavy atom. The molecule has 1 aromatic heterocycles. The van der Waals surface area contributed by atoms with Crippen molar-refractivity contribution >= 4 is 23.8 Å². The molecule has 1 aliphatic carbocycles. The van der Waals surface area contributed by atoms with Crippen molar-refractivity contribution in [3.63, 3.8) is 0 Å². The highest BCUT2D eigenvalue weighted by atomic mass is 16.3. The predicted octanol–water partition coefficient (Wildman–Crippen LogP) is 1.49. The van der Waals surface area contributed by atoms with Gasteiger partial charge in [0.25, 0.3) is 17.7 Å². The van der Waals surface area contributed by atoms with Crippen molar-refractivity contribution < 1.29 is 23.6 Å². The second-order valence-electron chi connectivity index (χ2n) is 8.65. The molecule has 1 aromatic rings. The lowest BCUT2D eigenvalue weighted by Crippen LogP contribution is -2.54. The summed E-state index contributed by atoms with van der Waals surface area (Å²) in [6.07, 6.45) is 3.42. The minimum Gasteiger partial charge on any atom is -0.469 e. The van der Waals surface area contributed by atoms with Gasteiger partial charge >= 0.3 is 6.03 Å². The van der Waals surface area contributed by atoms with Crippen LogP contribution >= 0.6 is 0 Å². The van der Waals surface area contributed by atoms with Crippen LogP contribution in [-0.4, -0.2) is 40.7 Å². The van der Waals surface area contributed by atoms with Crippen molar-refractivity contribution in [2.24, 2.45) is 11.3 Å². The Kier molecular flexibility index (Phi) is 4.95. The Labute approximate surface area is 163 Å². The van der Waals surface area contributed by atoms with Crippen LogP contribution in [-0.2, 0) is 9.59 Å². The Bertz CT molecular complexity index is 830. The van der Waals surface area contributed by atoms with Crippen LogP contribution in [0, 0.1) is 18.3 Å². The van der Waals surface area contributed by atoms with Gasteiger partial charge in [-0.2, -0.15) is 0 Å². The average Bonchev–Trinajstić information content (AvgIpc) is 3.08. The highest BCUT2D eigenvalue weighted by molar-refractivity contribution is 6.09. The number of hydrogen-bond donors (Lipinski definition) is 3. The Morgan fingerprint density at radius 2 is 2.00 bits per heavy atom. The van der Waals surface area contributed by atoms with Gasteiger partial charge in [0, 0.05) is 0 Å². The standard InChI is InChI=1S/C19H26N4O5/c1-11-7-18(3,4)10-19(8-11)16(26)23(17(27)20-19)9-14(24)21-22-15(25)13-5-6-28-12(13)2/h5-6,11H,7-10H2,1-4H3,(H,20,27)(H,21,24)(H,22,25). The smallest absolute Gasteiger partial charge is 0.325 e. The first-order valence-corrected chi connectivity index (χ1v) is 9.30. The fourth-order valence-electron chi connectivity index (χ4n) is 4.65. The lowest BCUT2D eigenvalue weighted by molar-refractivity contribution is -0.137. The van der Waals surface area contributed by atoms with Gasteiger partial charge in [0.2, 0.25) is 0 Å². The zero-order valence-electron chi connectivity index (χ0n) is 16.5. The molecule has 0 bridgehead atoms. The van der Waals surface area contributed by atoms with E-state index < -0.39 is 29.9 Å². The quantitative estimate of drug-likeness (QED) is 0.533. The van der Waals surface area contributed by atoms with Crippen LogP contribution in [0.2, 0.25) is 0 Å². The second kappa shape index (κ2) is 6.96. The second-order valence-corrected chi connectivity index (χ2v) is 8.65. The van der Waals surface area contributed by atoms with Crippen molar-refractivity contribution in [3.8, 4) is 0 Å². The summed E-state index contributed by atoms with van der Waals surface area (Å²) >= 11 is 0. The van der Waals surface area contributed by atoms with E-state index in [4.69, 9.17) is 4.42 Å². The molecule has 2 fully saturated rings. The number of carbonyl (C=O) groups is 4. The van der Waals surface area contributed by atoms with Gasteiger partial charge in [-0.1, -0.05) is 20.8 Å². The molecule has 1 saturated carbocycles. The van der Waals surface area contributed by atoms with Gasteiger partial charge in [0.1, 0.15) is 17.8 Å². The lowest BCUT2D eigenvalue weighted by atomic mass is 9.64. The minimum atomic E-state index is -0.963. The monoisotopic (exact) mass is 390 g/mol. The minimum absolute atomic E-state index is 0.0880. The zero-order valence-corrected chi connectivity index (χ0v) is 16.5. The number of nitrogens with one attached hydrogen (secondary N) is 3. The molecule has 2 unspecified atom stereocenters. The van der Waals surface area contributed by atoms with Crippen LogP contribution in [0.25, 0.3) is 0 Å². The van der Waals surface area contributed by atoms with Crippen LogP contribution in [0.3, 0.4) is 0 Å². The third kappa shape index (κ3) is 3.74. The van der Waals surface area contributed by atoms with Crippen molar-refractivity contribution in [3.05, 3.63) is 23.7 Å². The van der Waals surface area contributed by atoms with E-state index in [1.54, 1.807) is 6.92 Å². The van der Waals surface area contributed by atoms with Crippen LogP contribution < -0.4 is 16.2 Å². The van der Waals surface area contributed by atoms with Gasteiger partial charge in [0.05, 0.1) is 11.8 Å². The molecule has 2 atom stereocenters. The first-order chi connectivity index (χ1) is 13.0. The van der Waals surface area contributed by atoms with Gasteiger partial charge in [-0.15, -0.1) is 0 Å². The summed E-state index contributed by atoms with van der Waals surface area (Å²) in [5.41, 5.74) is 3.71. The lowest BCUT2D eigenvalue weighted by Gasteiger charge is -2.43. The van der Waals surface area contributed by atoms with E-state index in [1.807, 2.05) is 0 Å². The molecule has 9 nitrogen and oxygen atoms in total. The Balaban J connectivity index is 1.62. The summed E-state index contributed by atoms with van der Waals surface area (Å²) in [7, 11) is 0. The third-order valence-corrected chi connectivity index (χ3v) is 5.34. The third-order valence-electron chi connectivity index (χ3n) is 5.34. The maximum absolute atomic E-state index is 13.0. The van der Waals surface area contributed by atoms with Crippen molar-refractivity contribution in [1.29, 1.82) is 0 Å². The number of amides is 5. The van der Waals surface area contributed by atoms with E-state index in [9.17, 15) is 19.2 Å². The van der Waals surface area contributed by atoms with Crippen LogP contribution in [0.4, 0.5) is 4.79 Å². The topological polar surface area (TPSA) is 121 Å². The molecular formula is C19H26N4O5. The van der Waals surface area contributed by atoms with E-state index >= 15 is 0 Å². The van der Waals surface area contributed by atoms with Crippen LogP contribution in [0.5, 0.6) is 0 Å². The molecular weight excluding hydrogens is 364 g/mol. The normalized spacial score (nSPS) is 26.3. The van der Waals surface area contributed by atoms with Crippen LogP contribution in [0.1, 0.15) is 56.2 Å². The van der Waals surface area contributed by atoms with Gasteiger partial charge in [-0.05, 0) is 43.6 Å². The number of furan rings is 1. The number of imide groups is 1. The maximum Gasteiger partial charge on any atom is 0.325 e. The number of hydrogen-bond acceptors (Lipinski definition) is 5. The summed E-state index contributed by atoms with van der Waals surface area (Å²) in [6, 6.07) is 0.895. The van der Waals surface area contributed by atoms with E-state index in [0.29, 0.717) is 18.6 Å². The molecule has 152 valence electrons. The number of urea groups is 1. The number of carbonyl (C=O) groups excluding carboxylic acids is 4. The zero-order chi connectivity index (χ0) is 20.7. The van der Waals surface area contributed by atoms with Crippen molar-refractivity contribution in [1.82, 2.24) is 21.1 Å². The molecule has 1 spiro atoms. The maximum atomic E-state index is 13.0. The van der Waals surface area contributed by atoms with Gasteiger partial charge in [-0.25, -0.2) is 4.79 Å². The van der Waals surface area contributed by atoms with E-state index in [2.05, 4.69) is 36.9 Å². The summed E-state index contributed by atoms with van der Waals surface area (Å²) in [6.45, 7) is 7.37. The van der Waals surface area contributed by atoms with Crippen LogP contribution in [0.15, 0.2) is 16.7 Å². The first kappa shape index (κ1) is 19.9.